The smallest absolute Gasteiger partial charge is 0.253 e. The van der Waals surface area contributed by atoms with Crippen LogP contribution < -0.4 is 5.32 Å². The Morgan fingerprint density at radius 2 is 2.35 bits per heavy atom. The van der Waals surface area contributed by atoms with Gasteiger partial charge in [-0.3, -0.25) is 9.78 Å². The summed E-state index contributed by atoms with van der Waals surface area (Å²) in [4.78, 5) is 15.8. The molecule has 0 spiro atoms. The van der Waals surface area contributed by atoms with Gasteiger partial charge in [-0.25, -0.2) is 0 Å². The monoisotopic (exact) mass is 256 g/mol. The minimum atomic E-state index is -0.418. The zero-order valence-electron chi connectivity index (χ0n) is 10.0. The van der Waals surface area contributed by atoms with Gasteiger partial charge in [0.15, 0.2) is 0 Å². The van der Waals surface area contributed by atoms with E-state index < -0.39 is 5.54 Å². The Balaban J connectivity index is 2.82. The fourth-order valence-electron chi connectivity index (χ4n) is 1.48. The molecule has 0 aliphatic carbocycles. The summed E-state index contributed by atoms with van der Waals surface area (Å²) in [5, 5.41) is 12.2. The molecule has 1 atom stereocenters. The number of hydrogen-bond donors (Lipinski definition) is 2. The molecule has 1 unspecified atom stereocenters. The molecule has 1 heterocycles. The minimum absolute atomic E-state index is 0.0364. The minimum Gasteiger partial charge on any atom is -0.396 e. The van der Waals surface area contributed by atoms with Crippen molar-refractivity contribution in [1.82, 2.24) is 10.3 Å². The first-order chi connectivity index (χ1) is 8.02. The van der Waals surface area contributed by atoms with E-state index in [4.69, 9.17) is 16.7 Å². The molecule has 1 rings (SSSR count). The molecule has 0 saturated carbocycles. The highest BCUT2D eigenvalue weighted by Crippen LogP contribution is 2.18. The summed E-state index contributed by atoms with van der Waals surface area (Å²) >= 11 is 5.90. The number of amides is 1. The lowest BCUT2D eigenvalue weighted by Gasteiger charge is -2.29. The van der Waals surface area contributed by atoms with Gasteiger partial charge < -0.3 is 10.4 Å². The van der Waals surface area contributed by atoms with Crippen LogP contribution in [-0.2, 0) is 0 Å². The molecule has 0 radical (unpaired) electrons. The average molecular weight is 257 g/mol. The van der Waals surface area contributed by atoms with E-state index >= 15 is 0 Å². The third kappa shape index (κ3) is 3.68. The number of carbonyl (C=O) groups excluding carboxylic acids is 1. The normalized spacial score (nSPS) is 14.1. The van der Waals surface area contributed by atoms with Crippen LogP contribution in [0.5, 0.6) is 0 Å². The molecule has 0 aromatic carbocycles. The van der Waals surface area contributed by atoms with Gasteiger partial charge in [0.1, 0.15) is 0 Å². The molecule has 4 nitrogen and oxygen atoms in total. The van der Waals surface area contributed by atoms with Crippen molar-refractivity contribution in [2.45, 2.75) is 32.2 Å². The Kier molecular flexibility index (Phi) is 4.90. The Morgan fingerprint density at radius 1 is 1.65 bits per heavy atom. The molecule has 1 aromatic rings. The lowest BCUT2D eigenvalue weighted by molar-refractivity contribution is 0.0886. The molecular formula is C12H17ClN2O2. The maximum Gasteiger partial charge on any atom is 0.253 e. The molecule has 0 fully saturated rings. The predicted molar refractivity (Wildman–Crippen MR) is 67.1 cm³/mol. The number of halogens is 1. The lowest BCUT2D eigenvalue weighted by atomic mass is 9.94. The maximum absolute atomic E-state index is 12.0. The average Bonchev–Trinajstić information content (AvgIpc) is 2.29. The lowest BCUT2D eigenvalue weighted by Crippen LogP contribution is -2.46. The summed E-state index contributed by atoms with van der Waals surface area (Å²) in [7, 11) is 0. The summed E-state index contributed by atoms with van der Waals surface area (Å²) < 4.78 is 0. The molecule has 0 aliphatic heterocycles. The number of nitrogens with zero attached hydrogens (tertiary/aromatic N) is 1. The molecular weight excluding hydrogens is 240 g/mol. The maximum atomic E-state index is 12.0. The third-order valence-electron chi connectivity index (χ3n) is 2.88. The largest absolute Gasteiger partial charge is 0.396 e. The molecule has 2 N–H and O–H groups in total. The quantitative estimate of drug-likeness (QED) is 0.847. The van der Waals surface area contributed by atoms with Crippen LogP contribution in [0.4, 0.5) is 0 Å². The van der Waals surface area contributed by atoms with E-state index in [1.807, 2.05) is 13.8 Å². The van der Waals surface area contributed by atoms with Gasteiger partial charge in [-0.05, 0) is 25.8 Å². The topological polar surface area (TPSA) is 62.2 Å². The summed E-state index contributed by atoms with van der Waals surface area (Å²) in [6, 6.07) is 1.58. The number of nitrogens with one attached hydrogen (secondary N) is 1. The van der Waals surface area contributed by atoms with E-state index in [0.717, 1.165) is 6.42 Å². The molecule has 0 bridgehead atoms. The molecule has 0 saturated heterocycles. The van der Waals surface area contributed by atoms with E-state index in [1.165, 1.54) is 12.4 Å². The Labute approximate surface area is 106 Å². The fraction of sp³-hybridized carbons (Fsp3) is 0.500. The van der Waals surface area contributed by atoms with Crippen molar-refractivity contribution in [3.8, 4) is 0 Å². The van der Waals surface area contributed by atoms with Crippen molar-refractivity contribution in [1.29, 1.82) is 0 Å². The third-order valence-corrected chi connectivity index (χ3v) is 3.18. The van der Waals surface area contributed by atoms with E-state index in [-0.39, 0.29) is 12.5 Å². The van der Waals surface area contributed by atoms with Gasteiger partial charge in [0, 0.05) is 24.5 Å². The summed E-state index contributed by atoms with van der Waals surface area (Å²) in [5.74, 6) is -0.241. The van der Waals surface area contributed by atoms with E-state index in [2.05, 4.69) is 10.3 Å². The predicted octanol–water partition coefficient (Wildman–Crippen LogP) is 2.02. The zero-order valence-corrected chi connectivity index (χ0v) is 10.8. The molecule has 5 heteroatoms. The van der Waals surface area contributed by atoms with Crippen molar-refractivity contribution in [2.24, 2.45) is 0 Å². The van der Waals surface area contributed by atoms with Crippen molar-refractivity contribution in [2.75, 3.05) is 6.61 Å². The fourth-order valence-corrected chi connectivity index (χ4v) is 1.68. The Hall–Kier alpha value is -1.13. The highest BCUT2D eigenvalue weighted by Gasteiger charge is 2.24. The molecule has 94 valence electrons. The van der Waals surface area contributed by atoms with Gasteiger partial charge in [0.05, 0.1) is 10.6 Å². The highest BCUT2D eigenvalue weighted by molar-refractivity contribution is 6.33. The Morgan fingerprint density at radius 3 is 2.88 bits per heavy atom. The van der Waals surface area contributed by atoms with Crippen molar-refractivity contribution in [3.63, 3.8) is 0 Å². The number of pyridine rings is 1. The highest BCUT2D eigenvalue weighted by atomic mass is 35.5. The first-order valence-electron chi connectivity index (χ1n) is 5.55. The molecule has 17 heavy (non-hydrogen) atoms. The number of rotatable bonds is 5. The van der Waals surface area contributed by atoms with Gasteiger partial charge in [-0.2, -0.15) is 0 Å². The van der Waals surface area contributed by atoms with Crippen LogP contribution in [0.2, 0.25) is 5.02 Å². The second kappa shape index (κ2) is 5.98. The van der Waals surface area contributed by atoms with Crippen LogP contribution in [0.1, 0.15) is 37.0 Å². The number of aromatic nitrogens is 1. The number of aliphatic hydroxyl groups excluding tert-OH is 1. The Bertz CT molecular complexity index is 398. The van der Waals surface area contributed by atoms with Crippen LogP contribution in [0.3, 0.4) is 0 Å². The first kappa shape index (κ1) is 13.9. The summed E-state index contributed by atoms with van der Waals surface area (Å²) in [5.41, 5.74) is -0.0161. The van der Waals surface area contributed by atoms with Crippen molar-refractivity contribution in [3.05, 3.63) is 29.0 Å². The number of aliphatic hydroxyl groups is 1. The SMILES string of the molecule is CCC(C)(CCO)NC(=O)c1ccncc1Cl. The standard InChI is InChI=1S/C12H17ClN2O2/c1-3-12(2,5-7-16)15-11(17)9-4-6-14-8-10(9)13/h4,6,8,16H,3,5,7H2,1-2H3,(H,15,17). The van der Waals surface area contributed by atoms with Crippen molar-refractivity contribution < 1.29 is 9.90 Å². The summed E-state index contributed by atoms with van der Waals surface area (Å²) in [6.07, 6.45) is 4.21. The van der Waals surface area contributed by atoms with Crippen LogP contribution in [-0.4, -0.2) is 28.1 Å². The van der Waals surface area contributed by atoms with E-state index in [9.17, 15) is 4.79 Å². The second-order valence-corrected chi connectivity index (χ2v) is 4.60. The van der Waals surface area contributed by atoms with E-state index in [0.29, 0.717) is 17.0 Å². The van der Waals surface area contributed by atoms with Crippen LogP contribution in [0.25, 0.3) is 0 Å². The summed E-state index contributed by atoms with van der Waals surface area (Å²) in [6.45, 7) is 3.90. The van der Waals surface area contributed by atoms with Crippen molar-refractivity contribution >= 4 is 17.5 Å². The first-order valence-corrected chi connectivity index (χ1v) is 5.93. The van der Waals surface area contributed by atoms with Crippen LogP contribution >= 0.6 is 11.6 Å². The number of hydrogen-bond acceptors (Lipinski definition) is 3. The second-order valence-electron chi connectivity index (χ2n) is 4.20. The van der Waals surface area contributed by atoms with Gasteiger partial charge in [-0.1, -0.05) is 18.5 Å². The van der Waals surface area contributed by atoms with Gasteiger partial charge >= 0.3 is 0 Å². The number of carbonyl (C=O) groups is 1. The van der Waals surface area contributed by atoms with E-state index in [1.54, 1.807) is 6.07 Å². The van der Waals surface area contributed by atoms with Gasteiger partial charge in [0.25, 0.3) is 5.91 Å². The van der Waals surface area contributed by atoms with Crippen LogP contribution in [0.15, 0.2) is 18.5 Å². The van der Waals surface area contributed by atoms with Gasteiger partial charge in [-0.15, -0.1) is 0 Å². The molecule has 1 aromatic heterocycles. The molecule has 0 aliphatic rings. The molecule has 1 amide bonds. The van der Waals surface area contributed by atoms with Crippen LogP contribution in [0, 0.1) is 0 Å². The zero-order chi connectivity index (χ0) is 12.9. The van der Waals surface area contributed by atoms with Gasteiger partial charge in [0.2, 0.25) is 0 Å².